The largest absolute Gasteiger partial charge is 0.380 e. The van der Waals surface area contributed by atoms with E-state index in [2.05, 4.69) is 0 Å². The predicted octanol–water partition coefficient (Wildman–Crippen LogP) is 0.0228. The van der Waals surface area contributed by atoms with E-state index in [0.717, 1.165) is 12.8 Å². The number of rotatable bonds is 3. The van der Waals surface area contributed by atoms with Gasteiger partial charge in [0.15, 0.2) is 0 Å². The fraction of sp³-hybridized carbons (Fsp3) is 0.857. The van der Waals surface area contributed by atoms with Gasteiger partial charge < -0.3 is 10.8 Å². The minimum absolute atomic E-state index is 0.530. The third-order valence-electron chi connectivity index (χ3n) is 1.91. The van der Waals surface area contributed by atoms with E-state index in [1.165, 1.54) is 6.92 Å². The number of carbonyl (C=O) groups is 1. The molecule has 0 radical (unpaired) electrons. The van der Waals surface area contributed by atoms with E-state index in [9.17, 15) is 9.90 Å². The van der Waals surface area contributed by atoms with Gasteiger partial charge in [0, 0.05) is 0 Å². The van der Waals surface area contributed by atoms with Gasteiger partial charge in [-0.3, -0.25) is 4.79 Å². The molecule has 1 amide bonds. The molecule has 1 rings (SSSR count). The highest BCUT2D eigenvalue weighted by Crippen LogP contribution is 2.36. The van der Waals surface area contributed by atoms with E-state index in [4.69, 9.17) is 5.73 Å². The molecule has 0 heterocycles. The van der Waals surface area contributed by atoms with Gasteiger partial charge in [0.1, 0.15) is 5.60 Å². The molecule has 1 atom stereocenters. The Balaban J connectivity index is 2.40. The van der Waals surface area contributed by atoms with Crippen molar-refractivity contribution in [2.24, 2.45) is 11.7 Å². The number of nitrogens with two attached hydrogens (primary N) is 1. The molecular weight excluding hydrogens is 130 g/mol. The lowest BCUT2D eigenvalue weighted by molar-refractivity contribution is -0.135. The average Bonchev–Trinajstić information content (AvgIpc) is 2.48. The van der Waals surface area contributed by atoms with E-state index in [1.807, 2.05) is 0 Å². The van der Waals surface area contributed by atoms with Gasteiger partial charge in [-0.2, -0.15) is 0 Å². The first-order valence-electron chi connectivity index (χ1n) is 3.54. The van der Waals surface area contributed by atoms with Crippen LogP contribution < -0.4 is 5.73 Å². The highest BCUT2D eigenvalue weighted by Gasteiger charge is 2.35. The zero-order valence-corrected chi connectivity index (χ0v) is 6.13. The van der Waals surface area contributed by atoms with Gasteiger partial charge in [0.25, 0.3) is 0 Å². The van der Waals surface area contributed by atoms with Crippen LogP contribution in [0.2, 0.25) is 0 Å². The molecule has 3 N–H and O–H groups in total. The summed E-state index contributed by atoms with van der Waals surface area (Å²) in [6, 6.07) is 0. The zero-order valence-electron chi connectivity index (χ0n) is 6.13. The topological polar surface area (TPSA) is 63.3 Å². The average molecular weight is 143 g/mol. The molecule has 0 aromatic carbocycles. The summed E-state index contributed by atoms with van der Waals surface area (Å²) in [7, 11) is 0. The fourth-order valence-corrected chi connectivity index (χ4v) is 0.985. The number of aliphatic hydroxyl groups is 1. The predicted molar refractivity (Wildman–Crippen MR) is 37.2 cm³/mol. The van der Waals surface area contributed by atoms with E-state index >= 15 is 0 Å². The van der Waals surface area contributed by atoms with E-state index in [0.29, 0.717) is 12.3 Å². The van der Waals surface area contributed by atoms with Gasteiger partial charge in [-0.05, 0) is 19.3 Å². The first-order chi connectivity index (χ1) is 4.52. The summed E-state index contributed by atoms with van der Waals surface area (Å²) in [5.41, 5.74) is 3.68. The Labute approximate surface area is 60.2 Å². The molecule has 1 unspecified atom stereocenters. The number of amides is 1. The number of primary amides is 1. The standard InChI is InChI=1S/C7H13NO2/c1-7(10,6(8)9)4-5-2-3-5/h5,10H,2-4H2,1H3,(H2,8,9). The van der Waals surface area contributed by atoms with Crippen LogP contribution >= 0.6 is 0 Å². The first kappa shape index (κ1) is 7.54. The lowest BCUT2D eigenvalue weighted by atomic mass is 9.99. The number of hydrogen-bond donors (Lipinski definition) is 2. The second kappa shape index (κ2) is 2.23. The van der Waals surface area contributed by atoms with Crippen LogP contribution in [-0.2, 0) is 4.79 Å². The highest BCUT2D eigenvalue weighted by molar-refractivity contribution is 5.82. The van der Waals surface area contributed by atoms with E-state index in [-0.39, 0.29) is 0 Å². The lowest BCUT2D eigenvalue weighted by Crippen LogP contribution is -2.41. The molecule has 0 spiro atoms. The number of hydrogen-bond acceptors (Lipinski definition) is 2. The summed E-state index contributed by atoms with van der Waals surface area (Å²) in [5, 5.41) is 9.33. The van der Waals surface area contributed by atoms with Crippen LogP contribution in [0, 0.1) is 5.92 Å². The second-order valence-electron chi connectivity index (χ2n) is 3.29. The molecular formula is C7H13NO2. The Morgan fingerprint density at radius 2 is 2.30 bits per heavy atom. The maximum absolute atomic E-state index is 10.6. The van der Waals surface area contributed by atoms with E-state index < -0.39 is 11.5 Å². The van der Waals surface area contributed by atoms with Crippen molar-refractivity contribution in [1.82, 2.24) is 0 Å². The third-order valence-corrected chi connectivity index (χ3v) is 1.91. The van der Waals surface area contributed by atoms with Gasteiger partial charge in [0.05, 0.1) is 0 Å². The summed E-state index contributed by atoms with van der Waals surface area (Å²) < 4.78 is 0. The summed E-state index contributed by atoms with van der Waals surface area (Å²) in [4.78, 5) is 10.6. The molecule has 3 heteroatoms. The zero-order chi connectivity index (χ0) is 7.78. The Kier molecular flexibility index (Phi) is 1.68. The SMILES string of the molecule is CC(O)(CC1CC1)C(N)=O. The quantitative estimate of drug-likeness (QED) is 0.585. The van der Waals surface area contributed by atoms with Crippen molar-refractivity contribution in [2.45, 2.75) is 31.8 Å². The summed E-state index contributed by atoms with van der Waals surface area (Å²) in [6.45, 7) is 1.48. The van der Waals surface area contributed by atoms with Crippen molar-refractivity contribution >= 4 is 5.91 Å². The molecule has 0 bridgehead atoms. The van der Waals surface area contributed by atoms with Crippen LogP contribution in [0.15, 0.2) is 0 Å². The van der Waals surface area contributed by atoms with Crippen LogP contribution in [0.3, 0.4) is 0 Å². The monoisotopic (exact) mass is 143 g/mol. The van der Waals surface area contributed by atoms with Gasteiger partial charge in [-0.1, -0.05) is 12.8 Å². The van der Waals surface area contributed by atoms with Crippen molar-refractivity contribution in [1.29, 1.82) is 0 Å². The van der Waals surface area contributed by atoms with Crippen molar-refractivity contribution in [2.75, 3.05) is 0 Å². The minimum Gasteiger partial charge on any atom is -0.380 e. The lowest BCUT2D eigenvalue weighted by Gasteiger charge is -2.17. The molecule has 0 saturated heterocycles. The Morgan fingerprint density at radius 3 is 2.60 bits per heavy atom. The van der Waals surface area contributed by atoms with Crippen LogP contribution in [0.5, 0.6) is 0 Å². The molecule has 10 heavy (non-hydrogen) atoms. The van der Waals surface area contributed by atoms with Crippen molar-refractivity contribution in [3.05, 3.63) is 0 Å². The second-order valence-corrected chi connectivity index (χ2v) is 3.29. The number of carbonyl (C=O) groups excluding carboxylic acids is 1. The van der Waals surface area contributed by atoms with Crippen LogP contribution in [0.25, 0.3) is 0 Å². The summed E-state index contributed by atoms with van der Waals surface area (Å²) in [6.07, 6.45) is 2.79. The Hall–Kier alpha value is -0.570. The smallest absolute Gasteiger partial charge is 0.249 e. The molecule has 0 aromatic rings. The Bertz CT molecular complexity index is 150. The molecule has 0 aromatic heterocycles. The summed E-state index contributed by atoms with van der Waals surface area (Å²) in [5.74, 6) is -0.0816. The Morgan fingerprint density at radius 1 is 1.80 bits per heavy atom. The van der Waals surface area contributed by atoms with Crippen molar-refractivity contribution in [3.8, 4) is 0 Å². The van der Waals surface area contributed by atoms with Gasteiger partial charge in [-0.15, -0.1) is 0 Å². The molecule has 3 nitrogen and oxygen atoms in total. The molecule has 58 valence electrons. The van der Waals surface area contributed by atoms with Gasteiger partial charge in [-0.25, -0.2) is 0 Å². The van der Waals surface area contributed by atoms with Crippen LogP contribution in [-0.4, -0.2) is 16.6 Å². The van der Waals surface area contributed by atoms with Gasteiger partial charge in [0.2, 0.25) is 5.91 Å². The maximum atomic E-state index is 10.6. The molecule has 1 fully saturated rings. The molecule has 1 saturated carbocycles. The van der Waals surface area contributed by atoms with Gasteiger partial charge >= 0.3 is 0 Å². The minimum atomic E-state index is -1.28. The maximum Gasteiger partial charge on any atom is 0.249 e. The van der Waals surface area contributed by atoms with E-state index in [1.54, 1.807) is 0 Å². The molecule has 1 aliphatic carbocycles. The van der Waals surface area contributed by atoms with Crippen LogP contribution in [0.4, 0.5) is 0 Å². The normalized spacial score (nSPS) is 23.8. The molecule has 0 aliphatic heterocycles. The first-order valence-corrected chi connectivity index (χ1v) is 3.54. The van der Waals surface area contributed by atoms with Crippen molar-refractivity contribution in [3.63, 3.8) is 0 Å². The fourth-order valence-electron chi connectivity index (χ4n) is 0.985. The third kappa shape index (κ3) is 1.70. The summed E-state index contributed by atoms with van der Waals surface area (Å²) >= 11 is 0. The highest BCUT2D eigenvalue weighted by atomic mass is 16.3. The van der Waals surface area contributed by atoms with Crippen LogP contribution in [0.1, 0.15) is 26.2 Å². The molecule has 1 aliphatic rings. The van der Waals surface area contributed by atoms with Crippen molar-refractivity contribution < 1.29 is 9.90 Å².